The number of benzene rings is 1. The second-order valence-electron chi connectivity index (χ2n) is 4.41. The van der Waals surface area contributed by atoms with Crippen molar-refractivity contribution in [2.45, 2.75) is 13.3 Å². The number of pyridine rings is 1. The average molecular weight is 268 g/mol. The van der Waals surface area contributed by atoms with Crippen LogP contribution in [0.25, 0.3) is 16.6 Å². The zero-order valence-corrected chi connectivity index (χ0v) is 10.9. The van der Waals surface area contributed by atoms with Gasteiger partial charge in [0.1, 0.15) is 0 Å². The van der Waals surface area contributed by atoms with Crippen molar-refractivity contribution >= 4 is 11.2 Å². The van der Waals surface area contributed by atoms with Crippen LogP contribution in [0.15, 0.2) is 42.6 Å². The van der Waals surface area contributed by atoms with Crippen LogP contribution in [0.3, 0.4) is 0 Å². The number of aromatic nitrogens is 3. The molecule has 0 aliphatic rings. The summed E-state index contributed by atoms with van der Waals surface area (Å²) in [5.41, 5.74) is 3.84. The van der Waals surface area contributed by atoms with E-state index in [1.165, 1.54) is 12.1 Å². The van der Waals surface area contributed by atoms with Crippen molar-refractivity contribution in [2.24, 2.45) is 0 Å². The fourth-order valence-electron chi connectivity index (χ4n) is 2.24. The first-order valence-electron chi connectivity index (χ1n) is 6.28. The van der Waals surface area contributed by atoms with Gasteiger partial charge in [-0.25, -0.2) is 4.52 Å². The smallest absolute Gasteiger partial charge is 0.258 e. The van der Waals surface area contributed by atoms with Gasteiger partial charge in [-0.2, -0.15) is 0 Å². The van der Waals surface area contributed by atoms with Crippen LogP contribution in [0.4, 0.5) is 5.69 Å². The van der Waals surface area contributed by atoms with Gasteiger partial charge in [-0.15, -0.1) is 5.10 Å². The van der Waals surface area contributed by atoms with Crippen LogP contribution in [0.2, 0.25) is 0 Å². The average Bonchev–Trinajstić information content (AvgIpc) is 2.90. The maximum atomic E-state index is 10.7. The Labute approximate surface area is 114 Å². The Bertz CT molecular complexity index is 777. The van der Waals surface area contributed by atoms with E-state index in [4.69, 9.17) is 0 Å². The Morgan fingerprint density at radius 3 is 2.65 bits per heavy atom. The molecule has 6 heteroatoms. The lowest BCUT2D eigenvalue weighted by Gasteiger charge is -2.04. The summed E-state index contributed by atoms with van der Waals surface area (Å²) in [5.74, 6) is 0. The molecule has 0 N–H and O–H groups in total. The van der Waals surface area contributed by atoms with Crippen LogP contribution in [0.5, 0.6) is 0 Å². The van der Waals surface area contributed by atoms with Gasteiger partial charge in [0.05, 0.1) is 16.1 Å². The second kappa shape index (κ2) is 4.73. The highest BCUT2D eigenvalue weighted by Gasteiger charge is 2.12. The Morgan fingerprint density at radius 2 is 2.00 bits per heavy atom. The van der Waals surface area contributed by atoms with E-state index in [0.29, 0.717) is 0 Å². The monoisotopic (exact) mass is 268 g/mol. The second-order valence-corrected chi connectivity index (χ2v) is 4.41. The number of hydrogen-bond acceptors (Lipinski definition) is 4. The number of hydrogen-bond donors (Lipinski definition) is 0. The van der Waals surface area contributed by atoms with Crippen LogP contribution in [-0.2, 0) is 6.42 Å². The molecule has 100 valence electrons. The normalized spacial score (nSPS) is 10.8. The van der Waals surface area contributed by atoms with Crippen molar-refractivity contribution in [1.29, 1.82) is 0 Å². The van der Waals surface area contributed by atoms with Crippen LogP contribution >= 0.6 is 0 Å². The third-order valence-electron chi connectivity index (χ3n) is 3.23. The summed E-state index contributed by atoms with van der Waals surface area (Å²) in [6.07, 6.45) is 2.63. The largest absolute Gasteiger partial charge is 0.269 e. The number of rotatable bonds is 3. The van der Waals surface area contributed by atoms with Gasteiger partial charge in [-0.3, -0.25) is 10.1 Å². The van der Waals surface area contributed by atoms with Gasteiger partial charge >= 0.3 is 0 Å². The molecule has 2 aromatic heterocycles. The van der Waals surface area contributed by atoms with Gasteiger partial charge in [0.25, 0.3) is 5.69 Å². The van der Waals surface area contributed by atoms with E-state index in [2.05, 4.69) is 10.3 Å². The molecule has 20 heavy (non-hydrogen) atoms. The Hall–Kier alpha value is -2.76. The van der Waals surface area contributed by atoms with Crippen LogP contribution < -0.4 is 0 Å². The topological polar surface area (TPSA) is 73.3 Å². The zero-order valence-electron chi connectivity index (χ0n) is 10.9. The lowest BCUT2D eigenvalue weighted by atomic mass is 10.0. The van der Waals surface area contributed by atoms with Gasteiger partial charge in [-0.1, -0.05) is 18.2 Å². The molecule has 0 aliphatic heterocycles. The fourth-order valence-corrected chi connectivity index (χ4v) is 2.24. The number of aryl methyl sites for hydroxylation is 1. The van der Waals surface area contributed by atoms with Crippen molar-refractivity contribution in [3.63, 3.8) is 0 Å². The number of nitrogens with zero attached hydrogens (tertiary/aromatic N) is 4. The molecule has 6 nitrogen and oxygen atoms in total. The molecule has 0 atom stereocenters. The SMILES string of the molecule is CCc1nnn2cccc(-c3ccc([N+](=O)[O-])cc3)c12. The number of non-ortho nitro benzene ring substituents is 1. The molecule has 0 saturated carbocycles. The Kier molecular flexibility index (Phi) is 2.90. The molecule has 0 aliphatic carbocycles. The van der Waals surface area contributed by atoms with E-state index in [1.807, 2.05) is 25.3 Å². The molecule has 1 aromatic carbocycles. The molecule has 0 saturated heterocycles. The van der Waals surface area contributed by atoms with E-state index in [9.17, 15) is 10.1 Å². The summed E-state index contributed by atoms with van der Waals surface area (Å²) < 4.78 is 1.73. The van der Waals surface area contributed by atoms with Crippen LogP contribution in [-0.4, -0.2) is 19.8 Å². The summed E-state index contributed by atoms with van der Waals surface area (Å²) in [6, 6.07) is 10.4. The summed E-state index contributed by atoms with van der Waals surface area (Å²) in [7, 11) is 0. The van der Waals surface area contributed by atoms with Crippen molar-refractivity contribution in [2.75, 3.05) is 0 Å². The van der Waals surface area contributed by atoms with Crippen LogP contribution in [0, 0.1) is 10.1 Å². The molecule has 0 unspecified atom stereocenters. The van der Waals surface area contributed by atoms with E-state index < -0.39 is 4.92 Å². The Morgan fingerprint density at radius 1 is 1.25 bits per heavy atom. The van der Waals surface area contributed by atoms with E-state index in [-0.39, 0.29) is 5.69 Å². The van der Waals surface area contributed by atoms with Crippen molar-refractivity contribution in [1.82, 2.24) is 14.8 Å². The molecule has 0 radical (unpaired) electrons. The third kappa shape index (κ3) is 1.91. The van der Waals surface area contributed by atoms with E-state index in [1.54, 1.807) is 16.6 Å². The van der Waals surface area contributed by atoms with Crippen molar-refractivity contribution in [3.05, 3.63) is 58.4 Å². The third-order valence-corrected chi connectivity index (χ3v) is 3.23. The van der Waals surface area contributed by atoms with Gasteiger partial charge in [0.2, 0.25) is 0 Å². The Balaban J connectivity index is 2.18. The highest BCUT2D eigenvalue weighted by molar-refractivity contribution is 5.82. The minimum atomic E-state index is -0.401. The summed E-state index contributed by atoms with van der Waals surface area (Å²) in [6.45, 7) is 2.02. The minimum absolute atomic E-state index is 0.0862. The minimum Gasteiger partial charge on any atom is -0.258 e. The molecular weight excluding hydrogens is 256 g/mol. The molecular formula is C14H12N4O2. The maximum absolute atomic E-state index is 10.7. The fraction of sp³-hybridized carbons (Fsp3) is 0.143. The van der Waals surface area contributed by atoms with E-state index in [0.717, 1.165) is 28.8 Å². The van der Waals surface area contributed by atoms with Crippen molar-refractivity contribution < 1.29 is 4.92 Å². The predicted octanol–water partition coefficient (Wildman–Crippen LogP) is 2.87. The predicted molar refractivity (Wildman–Crippen MR) is 74.5 cm³/mol. The van der Waals surface area contributed by atoms with Gasteiger partial charge in [0.15, 0.2) is 0 Å². The van der Waals surface area contributed by atoms with Gasteiger partial charge in [-0.05, 0) is 30.2 Å². The van der Waals surface area contributed by atoms with Crippen molar-refractivity contribution in [3.8, 4) is 11.1 Å². The first-order chi connectivity index (χ1) is 9.70. The summed E-state index contributed by atoms with van der Waals surface area (Å²) in [5, 5.41) is 18.9. The molecule has 3 aromatic rings. The first kappa shape index (κ1) is 12.3. The lowest BCUT2D eigenvalue weighted by Crippen LogP contribution is -1.91. The van der Waals surface area contributed by atoms with E-state index >= 15 is 0 Å². The summed E-state index contributed by atoms with van der Waals surface area (Å²) >= 11 is 0. The zero-order chi connectivity index (χ0) is 14.1. The molecule has 0 amide bonds. The first-order valence-corrected chi connectivity index (χ1v) is 6.28. The lowest BCUT2D eigenvalue weighted by molar-refractivity contribution is -0.384. The quantitative estimate of drug-likeness (QED) is 0.540. The molecule has 0 fully saturated rings. The molecule has 2 heterocycles. The molecule has 3 rings (SSSR count). The molecule has 0 spiro atoms. The summed E-state index contributed by atoms with van der Waals surface area (Å²) in [4.78, 5) is 10.3. The highest BCUT2D eigenvalue weighted by atomic mass is 16.6. The number of nitro groups is 1. The van der Waals surface area contributed by atoms with Crippen LogP contribution in [0.1, 0.15) is 12.6 Å². The number of fused-ring (bicyclic) bond motifs is 1. The van der Waals surface area contributed by atoms with Gasteiger partial charge in [0, 0.05) is 23.9 Å². The van der Waals surface area contributed by atoms with Gasteiger partial charge < -0.3 is 0 Å². The number of nitro benzene ring substituents is 1. The standard InChI is InChI=1S/C14H12N4O2/c1-2-13-14-12(4-3-9-17(14)16-15-13)10-5-7-11(8-6-10)18(19)20/h3-9H,2H2,1H3. The molecule has 0 bridgehead atoms. The maximum Gasteiger partial charge on any atom is 0.269 e. The highest BCUT2D eigenvalue weighted by Crippen LogP contribution is 2.27.